The Morgan fingerprint density at radius 2 is 1.90 bits per heavy atom. The Kier molecular flexibility index (Phi) is 4.66. The van der Waals surface area contributed by atoms with Crippen molar-refractivity contribution >= 4 is 11.9 Å². The number of carboxylic acid groups (broad SMARTS) is 2. The topological polar surface area (TPSA) is 74.6 Å². The quantitative estimate of drug-likeness (QED) is 0.887. The van der Waals surface area contributed by atoms with Crippen LogP contribution in [-0.2, 0) is 0 Å². The average Bonchev–Trinajstić information content (AvgIpc) is 2.42. The molecule has 0 bridgehead atoms. The highest BCUT2D eigenvalue weighted by atomic mass is 16.4. The molecule has 0 spiro atoms. The number of hydrogen-bond donors (Lipinski definition) is 2. The molecule has 0 amide bonds. The van der Waals surface area contributed by atoms with Gasteiger partial charge >= 0.3 is 11.9 Å². The molecule has 4 nitrogen and oxygen atoms in total. The lowest BCUT2D eigenvalue weighted by Crippen LogP contribution is -2.43. The molecule has 1 aromatic rings. The number of carboxylic acids is 2. The summed E-state index contributed by atoms with van der Waals surface area (Å²) in [6.45, 7) is 3.95. The van der Waals surface area contributed by atoms with E-state index in [1.165, 1.54) is 30.4 Å². The van der Waals surface area contributed by atoms with Crippen LogP contribution in [0.1, 0.15) is 58.9 Å². The molecule has 2 fully saturated rings. The molecule has 3 rings (SSSR count). The molecule has 0 heterocycles. The van der Waals surface area contributed by atoms with Gasteiger partial charge < -0.3 is 10.2 Å². The zero-order valence-corrected chi connectivity index (χ0v) is 12.5. The van der Waals surface area contributed by atoms with Gasteiger partial charge in [0.05, 0.1) is 11.1 Å². The number of aryl methyl sites for hydroxylation is 1. The van der Waals surface area contributed by atoms with Crippen molar-refractivity contribution in [1.29, 1.82) is 0 Å². The summed E-state index contributed by atoms with van der Waals surface area (Å²) in [4.78, 5) is 21.1. The fraction of sp³-hybridized carbons (Fsp3) is 0.529. The highest BCUT2D eigenvalue weighted by Gasteiger charge is 2.45. The molecule has 3 atom stereocenters. The fourth-order valence-corrected chi connectivity index (χ4v) is 3.33. The Balaban J connectivity index is 0.000000170. The lowest BCUT2D eigenvalue weighted by atomic mass is 9.53. The van der Waals surface area contributed by atoms with Crippen molar-refractivity contribution in [1.82, 2.24) is 0 Å². The van der Waals surface area contributed by atoms with Crippen LogP contribution in [0, 0.1) is 24.7 Å². The zero-order chi connectivity index (χ0) is 15.6. The highest BCUT2D eigenvalue weighted by molar-refractivity contribution is 5.94. The van der Waals surface area contributed by atoms with Crippen molar-refractivity contribution < 1.29 is 19.8 Å². The van der Waals surface area contributed by atoms with Crippen LogP contribution in [-0.4, -0.2) is 22.2 Å². The number of aromatic carboxylic acids is 2. The molecule has 0 saturated heterocycles. The van der Waals surface area contributed by atoms with Crippen molar-refractivity contribution in [2.24, 2.45) is 17.8 Å². The van der Waals surface area contributed by atoms with Gasteiger partial charge in [0.1, 0.15) is 0 Å². The van der Waals surface area contributed by atoms with E-state index in [1.54, 1.807) is 26.2 Å². The van der Waals surface area contributed by atoms with Gasteiger partial charge in [0.15, 0.2) is 0 Å². The molecule has 114 valence electrons. The van der Waals surface area contributed by atoms with Gasteiger partial charge in [-0.2, -0.15) is 0 Å². The van der Waals surface area contributed by atoms with Crippen LogP contribution >= 0.6 is 0 Å². The lowest BCUT2D eigenvalue weighted by molar-refractivity contribution is -0.0267. The minimum atomic E-state index is -1.12. The summed E-state index contributed by atoms with van der Waals surface area (Å²) in [7, 11) is 0. The SMILES string of the molecule is CCC1CC2CCC12.Cc1ccc(C(=O)O)cc1C(=O)O. The van der Waals surface area contributed by atoms with Crippen molar-refractivity contribution in [3.63, 3.8) is 0 Å². The van der Waals surface area contributed by atoms with E-state index in [9.17, 15) is 9.59 Å². The van der Waals surface area contributed by atoms with Crippen LogP contribution in [0.15, 0.2) is 18.2 Å². The minimum absolute atomic E-state index is 0.0111. The molecular weight excluding hydrogens is 268 g/mol. The molecule has 0 radical (unpaired) electrons. The summed E-state index contributed by atoms with van der Waals surface area (Å²) in [6.07, 6.45) is 6.13. The third-order valence-corrected chi connectivity index (χ3v) is 4.93. The predicted molar refractivity (Wildman–Crippen MR) is 79.7 cm³/mol. The van der Waals surface area contributed by atoms with Crippen LogP contribution < -0.4 is 0 Å². The van der Waals surface area contributed by atoms with E-state index < -0.39 is 11.9 Å². The molecule has 4 heteroatoms. The molecule has 21 heavy (non-hydrogen) atoms. The van der Waals surface area contributed by atoms with Crippen molar-refractivity contribution in [3.05, 3.63) is 34.9 Å². The first-order valence-corrected chi connectivity index (χ1v) is 7.51. The largest absolute Gasteiger partial charge is 0.478 e. The van der Waals surface area contributed by atoms with E-state index in [1.807, 2.05) is 0 Å². The fourth-order valence-electron chi connectivity index (χ4n) is 3.33. The monoisotopic (exact) mass is 290 g/mol. The molecule has 2 aliphatic rings. The second kappa shape index (κ2) is 6.29. The van der Waals surface area contributed by atoms with E-state index in [-0.39, 0.29) is 11.1 Å². The minimum Gasteiger partial charge on any atom is -0.478 e. The zero-order valence-electron chi connectivity index (χ0n) is 12.5. The normalized spacial score (nSPS) is 25.5. The number of fused-ring (bicyclic) bond motifs is 1. The maximum atomic E-state index is 10.6. The first-order chi connectivity index (χ1) is 9.93. The van der Waals surface area contributed by atoms with E-state index in [4.69, 9.17) is 10.2 Å². The Morgan fingerprint density at radius 3 is 2.24 bits per heavy atom. The molecular formula is C17H22O4. The molecule has 2 saturated carbocycles. The Bertz CT molecular complexity index is 548. The van der Waals surface area contributed by atoms with Gasteiger partial charge in [-0.05, 0) is 61.6 Å². The van der Waals surface area contributed by atoms with E-state index in [2.05, 4.69) is 6.92 Å². The second-order valence-electron chi connectivity index (χ2n) is 6.05. The number of hydrogen-bond acceptors (Lipinski definition) is 2. The average molecular weight is 290 g/mol. The van der Waals surface area contributed by atoms with Gasteiger partial charge in [0.2, 0.25) is 0 Å². The van der Waals surface area contributed by atoms with Crippen LogP contribution in [0.2, 0.25) is 0 Å². The van der Waals surface area contributed by atoms with Gasteiger partial charge in [-0.3, -0.25) is 0 Å². The van der Waals surface area contributed by atoms with Crippen LogP contribution in [0.3, 0.4) is 0 Å². The van der Waals surface area contributed by atoms with Gasteiger partial charge in [-0.25, -0.2) is 9.59 Å². The van der Waals surface area contributed by atoms with Gasteiger partial charge in [0, 0.05) is 0 Å². The molecule has 2 aliphatic carbocycles. The van der Waals surface area contributed by atoms with Crippen LogP contribution in [0.5, 0.6) is 0 Å². The first-order valence-electron chi connectivity index (χ1n) is 7.51. The third kappa shape index (κ3) is 3.26. The van der Waals surface area contributed by atoms with E-state index in [0.717, 1.165) is 12.0 Å². The maximum Gasteiger partial charge on any atom is 0.335 e. The Morgan fingerprint density at radius 1 is 1.19 bits per heavy atom. The van der Waals surface area contributed by atoms with Gasteiger partial charge in [0.25, 0.3) is 0 Å². The first kappa shape index (κ1) is 15.5. The summed E-state index contributed by atoms with van der Waals surface area (Å²) in [5, 5.41) is 17.3. The smallest absolute Gasteiger partial charge is 0.335 e. The number of rotatable bonds is 3. The Hall–Kier alpha value is -1.84. The standard InChI is InChI=1S/C9H8O4.C8H14/c1-5-2-3-6(8(10)11)4-7(5)9(12)13;1-2-6-5-7-3-4-8(6)7/h2-4H,1H3,(H,10,11)(H,12,13);6-8H,2-5H2,1H3. The lowest BCUT2D eigenvalue weighted by Gasteiger charge is -2.53. The van der Waals surface area contributed by atoms with Crippen molar-refractivity contribution in [3.8, 4) is 0 Å². The summed E-state index contributed by atoms with van der Waals surface area (Å²) < 4.78 is 0. The summed E-state index contributed by atoms with van der Waals surface area (Å²) in [5.41, 5.74) is 0.570. The predicted octanol–water partition coefficient (Wildman–Crippen LogP) is 3.83. The van der Waals surface area contributed by atoms with E-state index in [0.29, 0.717) is 5.56 Å². The summed E-state index contributed by atoms with van der Waals surface area (Å²) in [5.74, 6) is 1.30. The van der Waals surface area contributed by atoms with Crippen molar-refractivity contribution in [2.75, 3.05) is 0 Å². The summed E-state index contributed by atoms with van der Waals surface area (Å²) in [6, 6.07) is 4.01. The van der Waals surface area contributed by atoms with Crippen molar-refractivity contribution in [2.45, 2.75) is 39.5 Å². The second-order valence-corrected chi connectivity index (χ2v) is 6.05. The molecule has 0 aromatic heterocycles. The highest BCUT2D eigenvalue weighted by Crippen LogP contribution is 2.55. The van der Waals surface area contributed by atoms with Gasteiger partial charge in [-0.15, -0.1) is 0 Å². The maximum absolute atomic E-state index is 10.6. The van der Waals surface area contributed by atoms with E-state index >= 15 is 0 Å². The number of benzene rings is 1. The Labute approximate surface area is 124 Å². The number of carbonyl (C=O) groups is 2. The van der Waals surface area contributed by atoms with Crippen LogP contribution in [0.4, 0.5) is 0 Å². The molecule has 0 aliphatic heterocycles. The molecule has 2 N–H and O–H groups in total. The van der Waals surface area contributed by atoms with Gasteiger partial charge in [-0.1, -0.05) is 19.4 Å². The third-order valence-electron chi connectivity index (χ3n) is 4.93. The molecule has 1 aromatic carbocycles. The molecule has 3 unspecified atom stereocenters. The van der Waals surface area contributed by atoms with Crippen LogP contribution in [0.25, 0.3) is 0 Å². The summed E-state index contributed by atoms with van der Waals surface area (Å²) >= 11 is 0.